The van der Waals surface area contributed by atoms with E-state index < -0.39 is 12.0 Å². The lowest BCUT2D eigenvalue weighted by Crippen LogP contribution is -2.18. The number of hydrogen-bond donors (Lipinski definition) is 0. The Kier molecular flexibility index (Phi) is 4.41. The number of imidazole rings is 1. The molecule has 5 nitrogen and oxygen atoms in total. The Morgan fingerprint density at radius 2 is 1.96 bits per heavy atom. The molecule has 0 N–H and O–H groups in total. The molecule has 3 rings (SSSR count). The number of fused-ring (bicyclic) bond motifs is 1. The van der Waals surface area contributed by atoms with Crippen LogP contribution in [0.2, 0.25) is 0 Å². The van der Waals surface area contributed by atoms with Crippen LogP contribution in [0.15, 0.2) is 4.52 Å². The lowest BCUT2D eigenvalue weighted by Gasteiger charge is -2.14. The molecule has 0 aliphatic heterocycles. The topological polar surface area (TPSA) is 56.7 Å². The quantitative estimate of drug-likeness (QED) is 0.842. The summed E-state index contributed by atoms with van der Waals surface area (Å²) in [6.07, 6.45) is 1.04. The maximum absolute atomic E-state index is 13.3. The molecule has 0 amide bonds. The van der Waals surface area contributed by atoms with Gasteiger partial charge >= 0.3 is 6.18 Å². The highest BCUT2D eigenvalue weighted by molar-refractivity contribution is 5.22. The SMILES string of the molecule is CCCCc1nc(Cn2c(C(F)(F)F)nc3c2CCCC3)no1. The molecule has 0 spiro atoms. The van der Waals surface area contributed by atoms with Gasteiger partial charge in [-0.05, 0) is 32.1 Å². The minimum Gasteiger partial charge on any atom is -0.339 e. The fourth-order valence-corrected chi connectivity index (χ4v) is 2.91. The average Bonchev–Trinajstić information content (AvgIpc) is 3.10. The van der Waals surface area contributed by atoms with Gasteiger partial charge in [0.2, 0.25) is 11.7 Å². The Balaban J connectivity index is 1.89. The summed E-state index contributed by atoms with van der Waals surface area (Å²) in [6, 6.07) is 0. The molecule has 0 fully saturated rings. The first-order valence-corrected chi connectivity index (χ1v) is 7.96. The molecule has 0 saturated heterocycles. The van der Waals surface area contributed by atoms with Gasteiger partial charge in [0.1, 0.15) is 0 Å². The van der Waals surface area contributed by atoms with E-state index in [1.807, 2.05) is 6.92 Å². The summed E-state index contributed by atoms with van der Waals surface area (Å²) in [4.78, 5) is 8.03. The molecule has 0 atom stereocenters. The molecule has 1 aliphatic rings. The van der Waals surface area contributed by atoms with E-state index in [2.05, 4.69) is 15.1 Å². The van der Waals surface area contributed by atoms with Crippen molar-refractivity contribution in [1.29, 1.82) is 0 Å². The first kappa shape index (κ1) is 16.0. The van der Waals surface area contributed by atoms with E-state index in [1.54, 1.807) is 0 Å². The normalized spacial score (nSPS) is 15.0. The molecule has 8 heteroatoms. The predicted octanol–water partition coefficient (Wildman–Crippen LogP) is 3.55. The third kappa shape index (κ3) is 3.40. The van der Waals surface area contributed by atoms with E-state index in [0.29, 0.717) is 36.5 Å². The number of unbranched alkanes of at least 4 members (excludes halogenated alkanes) is 1. The highest BCUT2D eigenvalue weighted by Crippen LogP contribution is 2.33. The predicted molar refractivity (Wildman–Crippen MR) is 75.9 cm³/mol. The van der Waals surface area contributed by atoms with Crippen molar-refractivity contribution < 1.29 is 17.7 Å². The molecule has 1 aliphatic carbocycles. The molecule has 126 valence electrons. The Bertz CT molecular complexity index is 675. The number of rotatable bonds is 5. The first-order valence-electron chi connectivity index (χ1n) is 7.96. The Hall–Kier alpha value is -1.86. The molecule has 0 aromatic carbocycles. The number of alkyl halides is 3. The van der Waals surface area contributed by atoms with Crippen molar-refractivity contribution in [1.82, 2.24) is 19.7 Å². The minimum atomic E-state index is -4.48. The second-order valence-corrected chi connectivity index (χ2v) is 5.83. The van der Waals surface area contributed by atoms with Gasteiger partial charge in [-0.2, -0.15) is 18.2 Å². The lowest BCUT2D eigenvalue weighted by atomic mass is 10.0. The van der Waals surface area contributed by atoms with Crippen LogP contribution in [0.5, 0.6) is 0 Å². The molecule has 2 aromatic heterocycles. The fraction of sp³-hybridized carbons (Fsp3) is 0.667. The third-order valence-corrected chi connectivity index (χ3v) is 4.04. The molecule has 0 radical (unpaired) electrons. The molecular formula is C15H19F3N4O. The van der Waals surface area contributed by atoms with E-state index in [-0.39, 0.29) is 12.4 Å². The van der Waals surface area contributed by atoms with Crippen LogP contribution in [0.4, 0.5) is 13.2 Å². The van der Waals surface area contributed by atoms with Crippen LogP contribution in [-0.4, -0.2) is 19.7 Å². The first-order chi connectivity index (χ1) is 11.0. The largest absolute Gasteiger partial charge is 0.449 e. The molecule has 0 saturated carbocycles. The summed E-state index contributed by atoms with van der Waals surface area (Å²) in [6.45, 7) is 2.00. The van der Waals surface area contributed by atoms with Crippen LogP contribution in [0.1, 0.15) is 61.5 Å². The van der Waals surface area contributed by atoms with E-state index in [1.165, 1.54) is 4.57 Å². The van der Waals surface area contributed by atoms with Crippen molar-refractivity contribution in [2.75, 3.05) is 0 Å². The zero-order chi connectivity index (χ0) is 16.4. The summed E-state index contributed by atoms with van der Waals surface area (Å²) in [5, 5.41) is 3.81. The van der Waals surface area contributed by atoms with Crippen LogP contribution < -0.4 is 0 Å². The fourth-order valence-electron chi connectivity index (χ4n) is 2.91. The van der Waals surface area contributed by atoms with E-state index in [4.69, 9.17) is 4.52 Å². The number of halogens is 3. The van der Waals surface area contributed by atoms with Crippen molar-refractivity contribution in [3.63, 3.8) is 0 Å². The maximum atomic E-state index is 13.3. The highest BCUT2D eigenvalue weighted by Gasteiger charge is 2.39. The number of hydrogen-bond acceptors (Lipinski definition) is 4. The van der Waals surface area contributed by atoms with Gasteiger partial charge in [0, 0.05) is 12.1 Å². The van der Waals surface area contributed by atoms with Gasteiger partial charge in [-0.1, -0.05) is 18.5 Å². The summed E-state index contributed by atoms with van der Waals surface area (Å²) in [5.41, 5.74) is 1.21. The van der Waals surface area contributed by atoms with E-state index in [9.17, 15) is 13.2 Å². The van der Waals surface area contributed by atoms with Crippen LogP contribution in [0, 0.1) is 0 Å². The zero-order valence-corrected chi connectivity index (χ0v) is 13.0. The standard InChI is InChI=1S/C15H19F3N4O/c1-2-3-8-13-20-12(21-23-13)9-22-11-7-5-4-6-10(11)19-14(22)15(16,17)18/h2-9H2,1H3. The van der Waals surface area contributed by atoms with Gasteiger partial charge in [0.25, 0.3) is 0 Å². The third-order valence-electron chi connectivity index (χ3n) is 4.04. The Labute approximate surface area is 131 Å². The van der Waals surface area contributed by atoms with Crippen molar-refractivity contribution in [2.24, 2.45) is 0 Å². The lowest BCUT2D eigenvalue weighted by molar-refractivity contribution is -0.147. The smallest absolute Gasteiger partial charge is 0.339 e. The molecule has 2 aromatic rings. The molecule has 2 heterocycles. The van der Waals surface area contributed by atoms with Gasteiger partial charge in [-0.15, -0.1) is 0 Å². The van der Waals surface area contributed by atoms with Crippen LogP contribution in [0.25, 0.3) is 0 Å². The summed E-state index contributed by atoms with van der Waals surface area (Å²) < 4.78 is 46.1. The number of nitrogens with zero attached hydrogens (tertiary/aromatic N) is 4. The summed E-state index contributed by atoms with van der Waals surface area (Å²) in [7, 11) is 0. The van der Waals surface area contributed by atoms with Crippen molar-refractivity contribution in [3.8, 4) is 0 Å². The molecule has 23 heavy (non-hydrogen) atoms. The van der Waals surface area contributed by atoms with Crippen LogP contribution in [-0.2, 0) is 32.0 Å². The second kappa shape index (κ2) is 6.33. The Morgan fingerprint density at radius 3 is 2.70 bits per heavy atom. The average molecular weight is 328 g/mol. The van der Waals surface area contributed by atoms with Crippen molar-refractivity contribution in [3.05, 3.63) is 28.9 Å². The highest BCUT2D eigenvalue weighted by atomic mass is 19.4. The van der Waals surface area contributed by atoms with Gasteiger partial charge in [0.15, 0.2) is 5.82 Å². The van der Waals surface area contributed by atoms with Crippen molar-refractivity contribution >= 4 is 0 Å². The molecular weight excluding hydrogens is 309 g/mol. The summed E-state index contributed by atoms with van der Waals surface area (Å²) >= 11 is 0. The minimum absolute atomic E-state index is 0.0488. The van der Waals surface area contributed by atoms with Crippen LogP contribution >= 0.6 is 0 Å². The van der Waals surface area contributed by atoms with Gasteiger partial charge in [-0.3, -0.25) is 0 Å². The second-order valence-electron chi connectivity index (χ2n) is 5.83. The number of aryl methyl sites for hydroxylation is 2. The van der Waals surface area contributed by atoms with Crippen LogP contribution in [0.3, 0.4) is 0 Å². The van der Waals surface area contributed by atoms with E-state index >= 15 is 0 Å². The van der Waals surface area contributed by atoms with Crippen molar-refractivity contribution in [2.45, 2.75) is 64.6 Å². The van der Waals surface area contributed by atoms with Gasteiger partial charge in [0.05, 0.1) is 12.2 Å². The zero-order valence-electron chi connectivity index (χ0n) is 13.0. The molecule has 0 unspecified atom stereocenters. The van der Waals surface area contributed by atoms with Gasteiger partial charge in [-0.25, -0.2) is 4.98 Å². The van der Waals surface area contributed by atoms with Gasteiger partial charge < -0.3 is 9.09 Å². The summed E-state index contributed by atoms with van der Waals surface area (Å²) in [5.74, 6) is -0.110. The Morgan fingerprint density at radius 1 is 1.17 bits per heavy atom. The number of aromatic nitrogens is 4. The maximum Gasteiger partial charge on any atom is 0.449 e. The molecule has 0 bridgehead atoms. The monoisotopic (exact) mass is 328 g/mol. The van der Waals surface area contributed by atoms with E-state index in [0.717, 1.165) is 25.7 Å².